The number of amides is 2. The summed E-state index contributed by atoms with van der Waals surface area (Å²) in [4.78, 5) is 16.3. The SMILES string of the molecule is CCN1C[C@H]2C(c3cc(F)ccc3F)=C[C@@H](c3ccccc3)N2C1=O. The van der Waals surface area contributed by atoms with Gasteiger partial charge in [-0.05, 0) is 36.3 Å². The van der Waals surface area contributed by atoms with Crippen LogP contribution in [0, 0.1) is 11.6 Å². The number of benzene rings is 2. The first-order chi connectivity index (χ1) is 12.1. The lowest BCUT2D eigenvalue weighted by Gasteiger charge is -2.24. The summed E-state index contributed by atoms with van der Waals surface area (Å²) in [6.45, 7) is 3.00. The van der Waals surface area contributed by atoms with Gasteiger partial charge in [0.25, 0.3) is 0 Å². The van der Waals surface area contributed by atoms with E-state index in [0.717, 1.165) is 17.7 Å². The van der Waals surface area contributed by atoms with Crippen LogP contribution in [0.15, 0.2) is 54.6 Å². The van der Waals surface area contributed by atoms with Gasteiger partial charge in [0.1, 0.15) is 11.6 Å². The third-order valence-electron chi connectivity index (χ3n) is 4.98. The van der Waals surface area contributed by atoms with Crippen LogP contribution in [0.5, 0.6) is 0 Å². The lowest BCUT2D eigenvalue weighted by atomic mass is 9.98. The topological polar surface area (TPSA) is 23.6 Å². The van der Waals surface area contributed by atoms with Crippen molar-refractivity contribution in [3.8, 4) is 0 Å². The Morgan fingerprint density at radius 3 is 2.60 bits per heavy atom. The van der Waals surface area contributed by atoms with Gasteiger partial charge in [0.15, 0.2) is 0 Å². The summed E-state index contributed by atoms with van der Waals surface area (Å²) in [6, 6.07) is 12.5. The van der Waals surface area contributed by atoms with Gasteiger partial charge in [-0.2, -0.15) is 0 Å². The highest BCUT2D eigenvalue weighted by molar-refractivity contribution is 5.87. The number of halogens is 2. The maximum Gasteiger partial charge on any atom is 0.321 e. The number of rotatable bonds is 3. The maximum atomic E-state index is 14.4. The normalized spacial score (nSPS) is 22.4. The van der Waals surface area contributed by atoms with Gasteiger partial charge in [0.2, 0.25) is 0 Å². The third-order valence-corrected chi connectivity index (χ3v) is 4.98. The molecule has 2 aromatic rings. The fraction of sp³-hybridized carbons (Fsp3) is 0.250. The smallest absolute Gasteiger partial charge is 0.321 e. The molecule has 0 radical (unpaired) electrons. The molecule has 0 saturated carbocycles. The Bertz CT molecular complexity index is 850. The summed E-state index contributed by atoms with van der Waals surface area (Å²) in [7, 11) is 0. The van der Waals surface area contributed by atoms with Crippen molar-refractivity contribution in [2.24, 2.45) is 0 Å². The molecule has 2 amide bonds. The van der Waals surface area contributed by atoms with Gasteiger partial charge in [-0.1, -0.05) is 36.4 Å². The van der Waals surface area contributed by atoms with E-state index in [1.807, 2.05) is 43.3 Å². The van der Waals surface area contributed by atoms with Crippen LogP contribution in [-0.4, -0.2) is 35.0 Å². The zero-order chi connectivity index (χ0) is 17.6. The lowest BCUT2D eigenvalue weighted by Crippen LogP contribution is -2.34. The summed E-state index contributed by atoms with van der Waals surface area (Å²) in [6.07, 6.45) is 1.89. The summed E-state index contributed by atoms with van der Waals surface area (Å²) in [5, 5.41) is 0. The molecule has 0 spiro atoms. The molecule has 0 unspecified atom stereocenters. The molecule has 1 fully saturated rings. The number of carbonyl (C=O) groups excluding carboxylic acids is 1. The Labute approximate surface area is 145 Å². The molecule has 1 saturated heterocycles. The van der Waals surface area contributed by atoms with Crippen molar-refractivity contribution in [2.45, 2.75) is 19.0 Å². The highest BCUT2D eigenvalue weighted by Gasteiger charge is 2.47. The average Bonchev–Trinajstić information content (AvgIpc) is 3.15. The van der Waals surface area contributed by atoms with E-state index < -0.39 is 11.6 Å². The molecule has 128 valence electrons. The fourth-order valence-electron chi connectivity index (χ4n) is 3.75. The zero-order valence-corrected chi connectivity index (χ0v) is 13.8. The fourth-order valence-corrected chi connectivity index (χ4v) is 3.75. The van der Waals surface area contributed by atoms with E-state index in [1.165, 1.54) is 6.07 Å². The maximum absolute atomic E-state index is 14.4. The molecule has 2 aromatic carbocycles. The second kappa shape index (κ2) is 5.99. The molecular formula is C20H18F2N2O. The first-order valence-electron chi connectivity index (χ1n) is 8.39. The Balaban J connectivity index is 1.83. The van der Waals surface area contributed by atoms with Crippen molar-refractivity contribution in [3.05, 3.63) is 77.4 Å². The van der Waals surface area contributed by atoms with Gasteiger partial charge in [-0.25, -0.2) is 13.6 Å². The summed E-state index contributed by atoms with van der Waals surface area (Å²) >= 11 is 0. The zero-order valence-electron chi connectivity index (χ0n) is 13.8. The number of hydrogen-bond acceptors (Lipinski definition) is 1. The van der Waals surface area contributed by atoms with Gasteiger partial charge >= 0.3 is 6.03 Å². The van der Waals surface area contributed by atoms with Crippen LogP contribution in [0.2, 0.25) is 0 Å². The van der Waals surface area contributed by atoms with Gasteiger partial charge in [0, 0.05) is 18.7 Å². The van der Waals surface area contributed by atoms with E-state index in [1.54, 1.807) is 9.80 Å². The van der Waals surface area contributed by atoms with Crippen molar-refractivity contribution in [1.29, 1.82) is 0 Å². The van der Waals surface area contributed by atoms with Crippen LogP contribution < -0.4 is 0 Å². The molecule has 0 aromatic heterocycles. The molecule has 2 atom stereocenters. The van der Waals surface area contributed by atoms with E-state index in [2.05, 4.69) is 0 Å². The molecule has 0 N–H and O–H groups in total. The Morgan fingerprint density at radius 2 is 1.88 bits per heavy atom. The van der Waals surface area contributed by atoms with Crippen LogP contribution in [0.3, 0.4) is 0 Å². The quantitative estimate of drug-likeness (QED) is 0.820. The highest BCUT2D eigenvalue weighted by atomic mass is 19.1. The number of carbonyl (C=O) groups is 1. The highest BCUT2D eigenvalue weighted by Crippen LogP contribution is 2.43. The number of fused-ring (bicyclic) bond motifs is 1. The first-order valence-corrected chi connectivity index (χ1v) is 8.39. The largest absolute Gasteiger partial charge is 0.322 e. The number of hydrogen-bond donors (Lipinski definition) is 0. The summed E-state index contributed by atoms with van der Waals surface area (Å²) < 4.78 is 28.1. The van der Waals surface area contributed by atoms with Crippen LogP contribution in [-0.2, 0) is 0 Å². The molecule has 0 aliphatic carbocycles. The van der Waals surface area contributed by atoms with Gasteiger partial charge < -0.3 is 9.80 Å². The van der Waals surface area contributed by atoms with E-state index in [0.29, 0.717) is 18.7 Å². The molecule has 4 rings (SSSR count). The standard InChI is InChI=1S/C20H18F2N2O/c1-2-23-12-19-16(15-10-14(21)8-9-17(15)22)11-18(24(19)20(23)25)13-6-4-3-5-7-13/h3-11,18-19H,2,12H2,1H3/t18-,19-/m0/s1. The van der Waals surface area contributed by atoms with Crippen molar-refractivity contribution in [1.82, 2.24) is 9.80 Å². The predicted octanol–water partition coefficient (Wildman–Crippen LogP) is 4.23. The number of likely N-dealkylation sites (N-methyl/N-ethyl adjacent to an activating group) is 1. The van der Waals surface area contributed by atoms with Gasteiger partial charge in [-0.3, -0.25) is 0 Å². The molecule has 3 nitrogen and oxygen atoms in total. The van der Waals surface area contributed by atoms with Crippen LogP contribution >= 0.6 is 0 Å². The number of urea groups is 1. The van der Waals surface area contributed by atoms with Crippen LogP contribution in [0.1, 0.15) is 24.1 Å². The van der Waals surface area contributed by atoms with Gasteiger partial charge in [-0.15, -0.1) is 0 Å². The van der Waals surface area contributed by atoms with Crippen molar-refractivity contribution >= 4 is 11.6 Å². The van der Waals surface area contributed by atoms with Crippen molar-refractivity contribution in [3.63, 3.8) is 0 Å². The summed E-state index contributed by atoms with van der Waals surface area (Å²) in [5.74, 6) is -0.951. The molecule has 25 heavy (non-hydrogen) atoms. The third kappa shape index (κ3) is 2.51. The predicted molar refractivity (Wildman–Crippen MR) is 91.8 cm³/mol. The average molecular weight is 340 g/mol. The lowest BCUT2D eigenvalue weighted by molar-refractivity contribution is 0.185. The van der Waals surface area contributed by atoms with E-state index in [-0.39, 0.29) is 23.7 Å². The molecule has 2 aliphatic heterocycles. The minimum absolute atomic E-state index is 0.0654. The summed E-state index contributed by atoms with van der Waals surface area (Å²) in [5.41, 5.74) is 1.87. The minimum Gasteiger partial charge on any atom is -0.322 e. The second-order valence-corrected chi connectivity index (χ2v) is 6.35. The van der Waals surface area contributed by atoms with Crippen molar-refractivity contribution < 1.29 is 13.6 Å². The van der Waals surface area contributed by atoms with Crippen LogP contribution in [0.25, 0.3) is 5.57 Å². The second-order valence-electron chi connectivity index (χ2n) is 6.35. The van der Waals surface area contributed by atoms with E-state index in [9.17, 15) is 13.6 Å². The Morgan fingerprint density at radius 1 is 1.12 bits per heavy atom. The number of nitrogens with zero attached hydrogens (tertiary/aromatic N) is 2. The molecule has 2 heterocycles. The van der Waals surface area contributed by atoms with Crippen molar-refractivity contribution in [2.75, 3.05) is 13.1 Å². The molecular weight excluding hydrogens is 322 g/mol. The van der Waals surface area contributed by atoms with E-state index in [4.69, 9.17) is 0 Å². The monoisotopic (exact) mass is 340 g/mol. The van der Waals surface area contributed by atoms with Gasteiger partial charge in [0.05, 0.1) is 12.1 Å². The molecule has 0 bridgehead atoms. The minimum atomic E-state index is -0.483. The Hall–Kier alpha value is -2.69. The molecule has 5 heteroatoms. The Kier molecular flexibility index (Phi) is 3.79. The molecule has 2 aliphatic rings. The van der Waals surface area contributed by atoms with Crippen LogP contribution in [0.4, 0.5) is 13.6 Å². The first kappa shape index (κ1) is 15.8. The van der Waals surface area contributed by atoms with E-state index >= 15 is 0 Å².